The molecule has 0 spiro atoms. The molecule has 0 bridgehead atoms. The molecule has 0 amide bonds. The van der Waals surface area contributed by atoms with Crippen molar-refractivity contribution in [1.29, 1.82) is 0 Å². The second-order valence-electron chi connectivity index (χ2n) is 4.14. The van der Waals surface area contributed by atoms with Crippen LogP contribution in [0.5, 0.6) is 0 Å². The van der Waals surface area contributed by atoms with Crippen LogP contribution in [-0.4, -0.2) is 4.98 Å². The fourth-order valence-electron chi connectivity index (χ4n) is 1.83. The van der Waals surface area contributed by atoms with E-state index >= 15 is 0 Å². The molecule has 0 aliphatic rings. The molecule has 0 unspecified atom stereocenters. The zero-order valence-electron chi connectivity index (χ0n) is 9.83. The zero-order valence-corrected chi connectivity index (χ0v) is 10.6. The third-order valence-electron chi connectivity index (χ3n) is 2.74. The normalized spacial score (nSPS) is 13.0. The highest BCUT2D eigenvalue weighted by Crippen LogP contribution is 2.43. The predicted molar refractivity (Wildman–Crippen MR) is 61.5 cm³/mol. The maximum Gasteiger partial charge on any atom is 0.418 e. The third-order valence-corrected chi connectivity index (χ3v) is 3.23. The number of benzene rings is 1. The fourth-order valence-corrected chi connectivity index (χ4v) is 2.07. The highest BCUT2D eigenvalue weighted by molar-refractivity contribution is 6.36. The molecule has 1 aromatic carbocycles. The Labute approximate surface area is 114 Å². The van der Waals surface area contributed by atoms with Crippen molar-refractivity contribution in [3.8, 4) is 0 Å². The summed E-state index contributed by atoms with van der Waals surface area (Å²) in [5, 5.41) is -1.11. The number of rotatable bonds is 0. The molecular weight excluding hydrogens is 308 g/mol. The van der Waals surface area contributed by atoms with Gasteiger partial charge in [-0.25, -0.2) is 0 Å². The fraction of sp³-hybridized carbons (Fsp3) is 0.250. The van der Waals surface area contributed by atoms with Crippen LogP contribution in [0.2, 0.25) is 5.02 Å². The summed E-state index contributed by atoms with van der Waals surface area (Å²) in [6.45, 7) is 1.37. The van der Waals surface area contributed by atoms with Gasteiger partial charge < -0.3 is 0 Å². The lowest BCUT2D eigenvalue weighted by molar-refractivity contribution is -0.139. The molecule has 0 saturated heterocycles. The van der Waals surface area contributed by atoms with Crippen molar-refractivity contribution in [2.75, 3.05) is 0 Å². The van der Waals surface area contributed by atoms with E-state index in [1.807, 2.05) is 0 Å². The molecule has 1 nitrogen and oxygen atoms in total. The largest absolute Gasteiger partial charge is 0.418 e. The first-order valence-electron chi connectivity index (χ1n) is 5.25. The summed E-state index contributed by atoms with van der Waals surface area (Å²) in [4.78, 5) is 3.48. The van der Waals surface area contributed by atoms with E-state index < -0.39 is 34.4 Å². The molecule has 0 radical (unpaired) electrons. The Morgan fingerprint density at radius 2 is 1.45 bits per heavy atom. The van der Waals surface area contributed by atoms with Crippen LogP contribution in [0.15, 0.2) is 18.3 Å². The van der Waals surface area contributed by atoms with Gasteiger partial charge in [-0.15, -0.1) is 0 Å². The van der Waals surface area contributed by atoms with E-state index in [-0.39, 0.29) is 10.6 Å². The molecule has 0 aliphatic carbocycles. The van der Waals surface area contributed by atoms with Gasteiger partial charge in [0.2, 0.25) is 0 Å². The lowest BCUT2D eigenvalue weighted by atomic mass is 10.0. The van der Waals surface area contributed by atoms with Crippen molar-refractivity contribution < 1.29 is 26.3 Å². The number of aryl methyl sites for hydroxylation is 1. The molecule has 0 saturated carbocycles. The molecule has 2 rings (SSSR count). The van der Waals surface area contributed by atoms with Crippen molar-refractivity contribution >= 4 is 22.5 Å². The van der Waals surface area contributed by atoms with E-state index in [2.05, 4.69) is 4.98 Å². The van der Waals surface area contributed by atoms with Crippen LogP contribution < -0.4 is 0 Å². The Morgan fingerprint density at radius 1 is 0.950 bits per heavy atom. The van der Waals surface area contributed by atoms with Crippen LogP contribution >= 0.6 is 11.6 Å². The van der Waals surface area contributed by atoms with Gasteiger partial charge in [0.25, 0.3) is 0 Å². The number of aromatic nitrogens is 1. The smallest absolute Gasteiger partial charge is 0.255 e. The van der Waals surface area contributed by atoms with Gasteiger partial charge >= 0.3 is 12.4 Å². The molecule has 8 heteroatoms. The van der Waals surface area contributed by atoms with Gasteiger partial charge in [0.1, 0.15) is 0 Å². The van der Waals surface area contributed by atoms with E-state index in [1.54, 1.807) is 0 Å². The lowest BCUT2D eigenvalue weighted by Gasteiger charge is -2.16. The summed E-state index contributed by atoms with van der Waals surface area (Å²) < 4.78 is 77.1. The van der Waals surface area contributed by atoms with E-state index in [4.69, 9.17) is 11.6 Å². The van der Waals surface area contributed by atoms with Crippen molar-refractivity contribution in [2.45, 2.75) is 19.3 Å². The molecule has 0 atom stereocenters. The van der Waals surface area contributed by atoms with Crippen molar-refractivity contribution in [1.82, 2.24) is 4.98 Å². The standard InChI is InChI=1S/C12H6ClF6N/c1-5-4-20-10-7(12(17,18)19)3-2-6(11(14,15)16)8(10)9(5)13/h2-4H,1H3. The van der Waals surface area contributed by atoms with Gasteiger partial charge in [0.05, 0.1) is 21.7 Å². The molecule has 20 heavy (non-hydrogen) atoms. The maximum absolute atomic E-state index is 12.9. The first-order chi connectivity index (χ1) is 9.03. The van der Waals surface area contributed by atoms with Crippen molar-refractivity contribution in [3.63, 3.8) is 0 Å². The monoisotopic (exact) mass is 313 g/mol. The molecule has 1 aromatic heterocycles. The second-order valence-corrected chi connectivity index (χ2v) is 4.51. The summed E-state index contributed by atoms with van der Waals surface area (Å²) >= 11 is 5.75. The Bertz CT molecular complexity index is 674. The molecule has 2 aromatic rings. The number of nitrogens with zero attached hydrogens (tertiary/aromatic N) is 1. The Kier molecular flexibility index (Phi) is 3.36. The molecular formula is C12H6ClF6N. The van der Waals surface area contributed by atoms with Gasteiger partial charge in [-0.2, -0.15) is 26.3 Å². The number of halogens is 7. The minimum Gasteiger partial charge on any atom is -0.255 e. The van der Waals surface area contributed by atoms with Gasteiger partial charge in [-0.1, -0.05) is 11.6 Å². The quantitative estimate of drug-likeness (QED) is 0.607. The topological polar surface area (TPSA) is 12.9 Å². The van der Waals surface area contributed by atoms with E-state index in [0.717, 1.165) is 6.20 Å². The third kappa shape index (κ3) is 2.42. The molecule has 1 heterocycles. The molecule has 0 aliphatic heterocycles. The van der Waals surface area contributed by atoms with E-state index in [0.29, 0.717) is 12.1 Å². The van der Waals surface area contributed by atoms with Crippen LogP contribution in [0.3, 0.4) is 0 Å². The summed E-state index contributed by atoms with van der Waals surface area (Å²) in [6.07, 6.45) is -8.62. The number of hydrogen-bond acceptors (Lipinski definition) is 1. The predicted octanol–water partition coefficient (Wildman–Crippen LogP) is 5.23. The SMILES string of the molecule is Cc1cnc2c(C(F)(F)F)ccc(C(F)(F)F)c2c1Cl. The van der Waals surface area contributed by atoms with Crippen LogP contribution in [0.4, 0.5) is 26.3 Å². The Hall–Kier alpha value is -1.50. The highest BCUT2D eigenvalue weighted by Gasteiger charge is 2.39. The number of fused-ring (bicyclic) bond motifs is 1. The van der Waals surface area contributed by atoms with Gasteiger partial charge in [-0.05, 0) is 24.6 Å². The average Bonchev–Trinajstić information content (AvgIpc) is 2.30. The van der Waals surface area contributed by atoms with Crippen molar-refractivity contribution in [2.24, 2.45) is 0 Å². The number of hydrogen-bond donors (Lipinski definition) is 0. The first-order valence-corrected chi connectivity index (χ1v) is 5.63. The van der Waals surface area contributed by atoms with Gasteiger partial charge in [0, 0.05) is 11.6 Å². The minimum absolute atomic E-state index is 0.170. The second kappa shape index (κ2) is 4.51. The first kappa shape index (κ1) is 14.9. The summed E-state index contributed by atoms with van der Waals surface area (Å²) in [5.41, 5.74) is -3.11. The van der Waals surface area contributed by atoms with Crippen LogP contribution in [0.1, 0.15) is 16.7 Å². The van der Waals surface area contributed by atoms with Gasteiger partial charge in [-0.3, -0.25) is 4.98 Å². The highest BCUT2D eigenvalue weighted by atomic mass is 35.5. The number of alkyl halides is 6. The van der Waals surface area contributed by atoms with E-state index in [9.17, 15) is 26.3 Å². The van der Waals surface area contributed by atoms with E-state index in [1.165, 1.54) is 6.92 Å². The zero-order chi connectivity index (χ0) is 15.3. The van der Waals surface area contributed by atoms with Gasteiger partial charge in [0.15, 0.2) is 0 Å². The lowest BCUT2D eigenvalue weighted by Crippen LogP contribution is -2.12. The minimum atomic E-state index is -4.82. The average molecular weight is 314 g/mol. The summed E-state index contributed by atoms with van der Waals surface area (Å²) in [7, 11) is 0. The van der Waals surface area contributed by atoms with Crippen LogP contribution in [-0.2, 0) is 12.4 Å². The molecule has 0 fully saturated rings. The number of pyridine rings is 1. The summed E-state index contributed by atoms with van der Waals surface area (Å²) in [6, 6.07) is 0.738. The van der Waals surface area contributed by atoms with Crippen molar-refractivity contribution in [3.05, 3.63) is 40.0 Å². The Morgan fingerprint density at radius 3 is 1.95 bits per heavy atom. The van der Waals surface area contributed by atoms with Crippen LogP contribution in [0, 0.1) is 6.92 Å². The molecule has 108 valence electrons. The molecule has 0 N–H and O–H groups in total. The van der Waals surface area contributed by atoms with Crippen LogP contribution in [0.25, 0.3) is 10.9 Å². The maximum atomic E-state index is 12.9. The summed E-state index contributed by atoms with van der Waals surface area (Å²) in [5.74, 6) is 0. The Balaban J connectivity index is 2.98.